The maximum absolute atomic E-state index is 11.8. The molecule has 0 spiro atoms. The molecule has 1 aromatic carbocycles. The number of fused-ring (bicyclic) bond motifs is 4. The molecule has 3 atom stereocenters. The van der Waals surface area contributed by atoms with Gasteiger partial charge in [0.25, 0.3) is 0 Å². The molecule has 3 rings (SSSR count). The van der Waals surface area contributed by atoms with Crippen molar-refractivity contribution in [2.45, 2.75) is 31.2 Å². The van der Waals surface area contributed by atoms with Crippen molar-refractivity contribution in [3.05, 3.63) is 29.3 Å². The number of hydrogen-bond acceptors (Lipinski definition) is 3. The van der Waals surface area contributed by atoms with E-state index in [1.54, 1.807) is 7.11 Å². The summed E-state index contributed by atoms with van der Waals surface area (Å²) >= 11 is 0. The Morgan fingerprint density at radius 1 is 1.50 bits per heavy atom. The van der Waals surface area contributed by atoms with E-state index in [1.807, 2.05) is 19.2 Å². The molecule has 20 heavy (non-hydrogen) atoms. The summed E-state index contributed by atoms with van der Waals surface area (Å²) in [5, 5.41) is 9.72. The largest absolute Gasteiger partial charge is 0.497 e. The number of aliphatic carboxylic acids is 1. The first-order valence-electron chi connectivity index (χ1n) is 7.08. The molecule has 4 nitrogen and oxygen atoms in total. The summed E-state index contributed by atoms with van der Waals surface area (Å²) in [6.07, 6.45) is 1.68. The summed E-state index contributed by atoms with van der Waals surface area (Å²) in [5.41, 5.74) is 2.13. The van der Waals surface area contributed by atoms with Gasteiger partial charge in [0.05, 0.1) is 13.0 Å². The first-order chi connectivity index (χ1) is 9.47. The number of methoxy groups -OCH3 is 1. The number of carbonyl (C=O) groups is 1. The zero-order chi connectivity index (χ0) is 14.5. The third kappa shape index (κ3) is 1.74. The van der Waals surface area contributed by atoms with Gasteiger partial charge in [-0.15, -0.1) is 0 Å². The Labute approximate surface area is 119 Å². The van der Waals surface area contributed by atoms with Crippen LogP contribution in [0.4, 0.5) is 0 Å². The van der Waals surface area contributed by atoms with E-state index in [4.69, 9.17) is 4.74 Å². The summed E-state index contributed by atoms with van der Waals surface area (Å²) in [5.74, 6) is -0.218. The van der Waals surface area contributed by atoms with Gasteiger partial charge >= 0.3 is 5.97 Å². The molecule has 0 amide bonds. The predicted molar refractivity (Wildman–Crippen MR) is 76.2 cm³/mol. The van der Waals surface area contributed by atoms with Crippen LogP contribution in [-0.2, 0) is 16.6 Å². The van der Waals surface area contributed by atoms with Crippen molar-refractivity contribution in [2.24, 2.45) is 5.92 Å². The van der Waals surface area contributed by atoms with Crippen molar-refractivity contribution in [1.82, 2.24) is 4.90 Å². The molecule has 1 heterocycles. The molecule has 0 radical (unpaired) electrons. The quantitative estimate of drug-likeness (QED) is 0.896. The van der Waals surface area contributed by atoms with Gasteiger partial charge in [-0.1, -0.05) is 13.0 Å². The van der Waals surface area contributed by atoms with Crippen LogP contribution in [0, 0.1) is 5.92 Å². The SMILES string of the molecule is COc1ccc2c(c1)[C@@]1(C)CCN(C)C(C2)[C@@H]1C(=O)O. The molecule has 1 aliphatic carbocycles. The minimum Gasteiger partial charge on any atom is -0.497 e. The van der Waals surface area contributed by atoms with Gasteiger partial charge in [-0.25, -0.2) is 0 Å². The Balaban J connectivity index is 2.17. The van der Waals surface area contributed by atoms with Crippen molar-refractivity contribution in [3.8, 4) is 5.75 Å². The van der Waals surface area contributed by atoms with Crippen LogP contribution in [0.5, 0.6) is 5.75 Å². The zero-order valence-corrected chi connectivity index (χ0v) is 12.2. The number of likely N-dealkylation sites (tertiary alicyclic amines) is 1. The van der Waals surface area contributed by atoms with Crippen molar-refractivity contribution in [1.29, 1.82) is 0 Å². The number of carboxylic acids is 1. The van der Waals surface area contributed by atoms with Crippen LogP contribution in [0.15, 0.2) is 18.2 Å². The highest BCUT2D eigenvalue weighted by molar-refractivity contribution is 5.75. The summed E-state index contributed by atoms with van der Waals surface area (Å²) in [6.45, 7) is 3.05. The second kappa shape index (κ2) is 4.48. The molecule has 108 valence electrons. The lowest BCUT2D eigenvalue weighted by Crippen LogP contribution is -2.60. The van der Waals surface area contributed by atoms with E-state index in [0.717, 1.165) is 30.7 Å². The molecular weight excluding hydrogens is 254 g/mol. The highest BCUT2D eigenvalue weighted by Gasteiger charge is 2.53. The Morgan fingerprint density at radius 2 is 2.25 bits per heavy atom. The smallest absolute Gasteiger partial charge is 0.309 e. The van der Waals surface area contributed by atoms with E-state index < -0.39 is 5.97 Å². The molecule has 2 aliphatic rings. The second-order valence-electron chi connectivity index (χ2n) is 6.26. The van der Waals surface area contributed by atoms with Crippen LogP contribution in [0.2, 0.25) is 0 Å². The standard InChI is InChI=1S/C16H21NO3/c1-16-6-7-17(2)13(14(16)15(18)19)8-10-4-5-11(20-3)9-12(10)16/h4-5,9,13-14H,6-8H2,1-3H3,(H,18,19)/t13?,14-,16-/m1/s1. The number of carboxylic acid groups (broad SMARTS) is 1. The minimum atomic E-state index is -0.683. The van der Waals surface area contributed by atoms with E-state index in [9.17, 15) is 9.90 Å². The Hall–Kier alpha value is -1.55. The number of nitrogens with zero attached hydrogens (tertiary/aromatic N) is 1. The third-order valence-electron chi connectivity index (χ3n) is 5.25. The van der Waals surface area contributed by atoms with Gasteiger partial charge in [-0.3, -0.25) is 4.79 Å². The number of benzene rings is 1. The van der Waals surface area contributed by atoms with E-state index in [0.29, 0.717) is 0 Å². The number of rotatable bonds is 2. The topological polar surface area (TPSA) is 49.8 Å². The van der Waals surface area contributed by atoms with Crippen LogP contribution in [0.25, 0.3) is 0 Å². The maximum Gasteiger partial charge on any atom is 0.309 e. The van der Waals surface area contributed by atoms with E-state index in [-0.39, 0.29) is 17.4 Å². The van der Waals surface area contributed by atoms with E-state index in [2.05, 4.69) is 17.9 Å². The van der Waals surface area contributed by atoms with Gasteiger partial charge in [0.1, 0.15) is 5.75 Å². The van der Waals surface area contributed by atoms with Gasteiger partial charge in [-0.2, -0.15) is 0 Å². The maximum atomic E-state index is 11.8. The first kappa shape index (κ1) is 13.4. The fraction of sp³-hybridized carbons (Fsp3) is 0.562. The highest BCUT2D eigenvalue weighted by Crippen LogP contribution is 2.49. The van der Waals surface area contributed by atoms with Crippen molar-refractivity contribution >= 4 is 5.97 Å². The molecule has 2 bridgehead atoms. The molecule has 1 saturated heterocycles. The van der Waals surface area contributed by atoms with E-state index >= 15 is 0 Å². The summed E-state index contributed by atoms with van der Waals surface area (Å²) in [7, 11) is 3.69. The normalized spacial score (nSPS) is 32.5. The van der Waals surface area contributed by atoms with Crippen molar-refractivity contribution in [2.75, 3.05) is 20.7 Å². The van der Waals surface area contributed by atoms with Crippen molar-refractivity contribution in [3.63, 3.8) is 0 Å². The van der Waals surface area contributed by atoms with Gasteiger partial charge in [0.2, 0.25) is 0 Å². The molecule has 1 unspecified atom stereocenters. The van der Waals surface area contributed by atoms with Gasteiger partial charge in [0, 0.05) is 11.5 Å². The first-order valence-corrected chi connectivity index (χ1v) is 7.08. The van der Waals surface area contributed by atoms with Gasteiger partial charge in [-0.05, 0) is 49.7 Å². The van der Waals surface area contributed by atoms with Crippen LogP contribution in [0.3, 0.4) is 0 Å². The van der Waals surface area contributed by atoms with Crippen LogP contribution >= 0.6 is 0 Å². The fourth-order valence-electron chi connectivity index (χ4n) is 4.04. The number of hydrogen-bond donors (Lipinski definition) is 1. The second-order valence-corrected chi connectivity index (χ2v) is 6.26. The van der Waals surface area contributed by atoms with E-state index in [1.165, 1.54) is 5.56 Å². The lowest BCUT2D eigenvalue weighted by Gasteiger charge is -2.52. The average Bonchev–Trinajstić information content (AvgIpc) is 2.42. The number of ether oxygens (including phenoxy) is 1. The van der Waals surface area contributed by atoms with Gasteiger partial charge < -0.3 is 14.7 Å². The Bertz CT molecular complexity index is 557. The summed E-state index contributed by atoms with van der Waals surface area (Å²) < 4.78 is 5.32. The Kier molecular flexibility index (Phi) is 3.01. The molecule has 1 aromatic rings. The lowest BCUT2D eigenvalue weighted by molar-refractivity contribution is -0.150. The minimum absolute atomic E-state index is 0.0899. The third-order valence-corrected chi connectivity index (χ3v) is 5.25. The molecule has 1 N–H and O–H groups in total. The zero-order valence-electron chi connectivity index (χ0n) is 12.2. The van der Waals surface area contributed by atoms with Crippen LogP contribution in [0.1, 0.15) is 24.5 Å². The molecule has 1 fully saturated rings. The predicted octanol–water partition coefficient (Wildman–Crippen LogP) is 1.91. The number of likely N-dealkylation sites (N-methyl/N-ethyl adjacent to an activating group) is 1. The molecule has 0 aromatic heterocycles. The van der Waals surface area contributed by atoms with Gasteiger partial charge in [0.15, 0.2) is 0 Å². The highest BCUT2D eigenvalue weighted by atomic mass is 16.5. The summed E-state index contributed by atoms with van der Waals surface area (Å²) in [4.78, 5) is 14.0. The van der Waals surface area contributed by atoms with Crippen LogP contribution < -0.4 is 4.74 Å². The number of piperidine rings is 1. The lowest BCUT2D eigenvalue weighted by atomic mass is 9.58. The monoisotopic (exact) mass is 275 g/mol. The van der Waals surface area contributed by atoms with Crippen LogP contribution in [-0.4, -0.2) is 42.7 Å². The average molecular weight is 275 g/mol. The molecule has 1 aliphatic heterocycles. The molecule has 4 heteroatoms. The van der Waals surface area contributed by atoms with Crippen molar-refractivity contribution < 1.29 is 14.6 Å². The molecule has 0 saturated carbocycles. The Morgan fingerprint density at radius 3 is 2.90 bits per heavy atom. The molecular formula is C16H21NO3. The fourth-order valence-corrected chi connectivity index (χ4v) is 4.04. The summed E-state index contributed by atoms with van der Waals surface area (Å²) in [6, 6.07) is 6.19.